The number of carbonyl (C=O) groups excluding carboxylic acids is 1. The van der Waals surface area contributed by atoms with Gasteiger partial charge in [-0.05, 0) is 18.6 Å². The molecule has 1 amide bonds. The molecule has 2 rings (SSSR count). The standard InChI is InChI=1S/C16H19F2N3O2S/c1-2-3-4-5-6-23-13-8-11(7-12(17)15(13)18)9-19-21-16-20-14(22)10-24-16/h7-9H,2-6,10H2,1H3,(H,20,21,22). The second-order valence-electron chi connectivity index (χ2n) is 5.21. The predicted molar refractivity (Wildman–Crippen MR) is 91.6 cm³/mol. The van der Waals surface area contributed by atoms with Crippen molar-refractivity contribution in [1.82, 2.24) is 5.32 Å². The Hall–Kier alpha value is -1.96. The van der Waals surface area contributed by atoms with E-state index in [2.05, 4.69) is 22.4 Å². The van der Waals surface area contributed by atoms with Crippen molar-refractivity contribution in [3.63, 3.8) is 0 Å². The zero-order valence-corrected chi connectivity index (χ0v) is 14.2. The number of carbonyl (C=O) groups is 1. The van der Waals surface area contributed by atoms with Crippen LogP contribution in [0.15, 0.2) is 22.3 Å². The quantitative estimate of drug-likeness (QED) is 0.441. The van der Waals surface area contributed by atoms with Gasteiger partial charge in [0.15, 0.2) is 16.7 Å². The highest BCUT2D eigenvalue weighted by Crippen LogP contribution is 2.22. The van der Waals surface area contributed by atoms with Gasteiger partial charge in [0.25, 0.3) is 0 Å². The molecule has 1 saturated heterocycles. The Morgan fingerprint density at radius 1 is 1.33 bits per heavy atom. The number of rotatable bonds is 8. The van der Waals surface area contributed by atoms with Gasteiger partial charge in [-0.2, -0.15) is 9.49 Å². The molecule has 1 aromatic rings. The van der Waals surface area contributed by atoms with Gasteiger partial charge in [-0.3, -0.25) is 4.79 Å². The Kier molecular flexibility index (Phi) is 7.17. The topological polar surface area (TPSA) is 63.1 Å². The normalized spacial score (nSPS) is 16.1. The number of benzene rings is 1. The van der Waals surface area contributed by atoms with Crippen LogP contribution in [0.4, 0.5) is 8.78 Å². The maximum Gasteiger partial charge on any atom is 0.236 e. The van der Waals surface area contributed by atoms with Crippen LogP contribution < -0.4 is 10.1 Å². The van der Waals surface area contributed by atoms with Gasteiger partial charge in [0.2, 0.25) is 11.7 Å². The molecule has 0 bridgehead atoms. The number of nitrogens with zero attached hydrogens (tertiary/aromatic N) is 2. The van der Waals surface area contributed by atoms with E-state index in [1.165, 1.54) is 24.0 Å². The summed E-state index contributed by atoms with van der Waals surface area (Å²) in [6.45, 7) is 2.43. The summed E-state index contributed by atoms with van der Waals surface area (Å²) in [5.41, 5.74) is 0.330. The second kappa shape index (κ2) is 9.36. The number of hydrogen-bond donors (Lipinski definition) is 1. The largest absolute Gasteiger partial charge is 0.490 e. The van der Waals surface area contributed by atoms with Crippen molar-refractivity contribution < 1.29 is 18.3 Å². The number of unbranched alkanes of at least 4 members (excludes halogenated alkanes) is 3. The molecule has 0 atom stereocenters. The van der Waals surface area contributed by atoms with E-state index < -0.39 is 11.6 Å². The summed E-state index contributed by atoms with van der Waals surface area (Å²) < 4.78 is 32.7. The number of thioether (sulfide) groups is 1. The number of amidine groups is 1. The van der Waals surface area contributed by atoms with Crippen LogP contribution in [0, 0.1) is 11.6 Å². The van der Waals surface area contributed by atoms with Crippen molar-refractivity contribution >= 4 is 29.1 Å². The third-order valence-electron chi connectivity index (χ3n) is 3.21. The minimum absolute atomic E-state index is 0.135. The van der Waals surface area contributed by atoms with Crippen LogP contribution in [0.3, 0.4) is 0 Å². The summed E-state index contributed by atoms with van der Waals surface area (Å²) in [6, 6.07) is 2.39. The Morgan fingerprint density at radius 3 is 2.88 bits per heavy atom. The van der Waals surface area contributed by atoms with Crippen LogP contribution in [0.25, 0.3) is 0 Å². The van der Waals surface area contributed by atoms with E-state index >= 15 is 0 Å². The lowest BCUT2D eigenvalue weighted by atomic mass is 10.2. The fourth-order valence-corrected chi connectivity index (χ4v) is 2.63. The van der Waals surface area contributed by atoms with Crippen LogP contribution in [0.1, 0.15) is 38.2 Å². The zero-order chi connectivity index (χ0) is 17.4. The number of amides is 1. The molecule has 1 aromatic carbocycles. The lowest BCUT2D eigenvalue weighted by Crippen LogP contribution is -2.19. The predicted octanol–water partition coefficient (Wildman–Crippen LogP) is 3.48. The average Bonchev–Trinajstić information content (AvgIpc) is 2.97. The van der Waals surface area contributed by atoms with Crippen LogP contribution in [0.5, 0.6) is 5.75 Å². The molecule has 0 saturated carbocycles. The van der Waals surface area contributed by atoms with Gasteiger partial charge in [-0.1, -0.05) is 37.9 Å². The minimum Gasteiger partial charge on any atom is -0.490 e. The first kappa shape index (κ1) is 18.4. The third kappa shape index (κ3) is 5.59. The molecule has 8 heteroatoms. The molecule has 1 aliphatic rings. The number of ether oxygens (including phenoxy) is 1. The summed E-state index contributed by atoms with van der Waals surface area (Å²) in [4.78, 5) is 11.0. The molecule has 5 nitrogen and oxygen atoms in total. The maximum absolute atomic E-state index is 13.7. The first-order valence-electron chi connectivity index (χ1n) is 7.75. The van der Waals surface area contributed by atoms with Crippen molar-refractivity contribution in [3.8, 4) is 5.75 Å². The summed E-state index contributed by atoms with van der Waals surface area (Å²) >= 11 is 1.23. The lowest BCUT2D eigenvalue weighted by molar-refractivity contribution is -0.116. The number of halogens is 2. The van der Waals surface area contributed by atoms with E-state index in [1.807, 2.05) is 0 Å². The van der Waals surface area contributed by atoms with Gasteiger partial charge in [0, 0.05) is 5.56 Å². The van der Waals surface area contributed by atoms with Gasteiger partial charge in [0.1, 0.15) is 0 Å². The van der Waals surface area contributed by atoms with E-state index in [9.17, 15) is 13.6 Å². The molecule has 0 spiro atoms. The van der Waals surface area contributed by atoms with Crippen molar-refractivity contribution in [2.75, 3.05) is 12.4 Å². The Bertz CT molecular complexity index is 650. The molecule has 1 aliphatic heterocycles. The van der Waals surface area contributed by atoms with Crippen LogP contribution in [0.2, 0.25) is 0 Å². The Morgan fingerprint density at radius 2 is 2.17 bits per heavy atom. The molecule has 1 fully saturated rings. The van der Waals surface area contributed by atoms with Gasteiger partial charge < -0.3 is 10.1 Å². The van der Waals surface area contributed by atoms with Crippen molar-refractivity contribution in [2.24, 2.45) is 10.2 Å². The molecule has 0 aromatic heterocycles. The van der Waals surface area contributed by atoms with Crippen molar-refractivity contribution in [1.29, 1.82) is 0 Å². The van der Waals surface area contributed by atoms with Crippen LogP contribution >= 0.6 is 11.8 Å². The van der Waals surface area contributed by atoms with Crippen molar-refractivity contribution in [2.45, 2.75) is 32.6 Å². The fraction of sp³-hybridized carbons (Fsp3) is 0.438. The lowest BCUT2D eigenvalue weighted by Gasteiger charge is -2.08. The molecule has 0 aliphatic carbocycles. The number of hydrogen-bond acceptors (Lipinski definition) is 5. The molecule has 24 heavy (non-hydrogen) atoms. The number of nitrogens with one attached hydrogen (secondary N) is 1. The molecule has 0 unspecified atom stereocenters. The van der Waals surface area contributed by atoms with E-state index in [1.54, 1.807) is 0 Å². The van der Waals surface area contributed by atoms with Gasteiger partial charge in [-0.15, -0.1) is 5.10 Å². The van der Waals surface area contributed by atoms with E-state index in [4.69, 9.17) is 4.74 Å². The van der Waals surface area contributed by atoms with Crippen molar-refractivity contribution in [3.05, 3.63) is 29.3 Å². The first-order chi connectivity index (χ1) is 11.6. The summed E-state index contributed by atoms with van der Waals surface area (Å²) in [5.74, 6) is -1.98. The van der Waals surface area contributed by atoms with E-state index in [0.717, 1.165) is 31.7 Å². The molecule has 1 N–H and O–H groups in total. The molecule has 130 valence electrons. The Labute approximate surface area is 143 Å². The van der Waals surface area contributed by atoms with Gasteiger partial charge >= 0.3 is 0 Å². The zero-order valence-electron chi connectivity index (χ0n) is 13.3. The monoisotopic (exact) mass is 355 g/mol. The molecular formula is C16H19F2N3O2S. The molecule has 0 radical (unpaired) electrons. The smallest absolute Gasteiger partial charge is 0.236 e. The highest BCUT2D eigenvalue weighted by Gasteiger charge is 2.16. The second-order valence-corrected chi connectivity index (χ2v) is 6.17. The fourth-order valence-electron chi connectivity index (χ4n) is 2.00. The van der Waals surface area contributed by atoms with E-state index in [0.29, 0.717) is 23.1 Å². The third-order valence-corrected chi connectivity index (χ3v) is 4.08. The minimum atomic E-state index is -1.01. The van der Waals surface area contributed by atoms with Crippen LogP contribution in [-0.4, -0.2) is 29.6 Å². The summed E-state index contributed by atoms with van der Waals surface area (Å²) in [6.07, 6.45) is 5.24. The maximum atomic E-state index is 13.7. The van der Waals surface area contributed by atoms with E-state index in [-0.39, 0.29) is 11.7 Å². The van der Waals surface area contributed by atoms with Crippen LogP contribution in [-0.2, 0) is 4.79 Å². The molecular weight excluding hydrogens is 336 g/mol. The first-order valence-corrected chi connectivity index (χ1v) is 8.74. The SMILES string of the molecule is CCCCCCOc1cc(C=NN=C2NC(=O)CS2)cc(F)c1F. The van der Waals surface area contributed by atoms with Gasteiger partial charge in [-0.25, -0.2) is 4.39 Å². The van der Waals surface area contributed by atoms with Gasteiger partial charge in [0.05, 0.1) is 18.6 Å². The highest BCUT2D eigenvalue weighted by atomic mass is 32.2. The summed E-state index contributed by atoms with van der Waals surface area (Å²) in [5, 5.41) is 10.5. The Balaban J connectivity index is 1.98. The summed E-state index contributed by atoms with van der Waals surface area (Å²) in [7, 11) is 0. The average molecular weight is 355 g/mol. The molecule has 1 heterocycles. The highest BCUT2D eigenvalue weighted by molar-refractivity contribution is 8.15.